The van der Waals surface area contributed by atoms with Crippen molar-refractivity contribution >= 4 is 42.2 Å². The molecule has 37 heavy (non-hydrogen) atoms. The van der Waals surface area contributed by atoms with Crippen LogP contribution in [0, 0.1) is 11.2 Å². The van der Waals surface area contributed by atoms with Crippen LogP contribution < -0.4 is 31.1 Å². The molecule has 2 aromatic rings. The number of amides is 1. The maximum atomic E-state index is 14.8. The second kappa shape index (κ2) is 16.2. The molecule has 0 aromatic heterocycles. The molecule has 0 atom stereocenters. The van der Waals surface area contributed by atoms with Gasteiger partial charge >= 0.3 is 0 Å². The maximum absolute atomic E-state index is 14.8. The Kier molecular flexibility index (Phi) is 13.8. The summed E-state index contributed by atoms with van der Waals surface area (Å²) in [6.45, 7) is 14.0. The summed E-state index contributed by atoms with van der Waals surface area (Å²) >= 11 is 0. The molecule has 0 saturated heterocycles. The van der Waals surface area contributed by atoms with Gasteiger partial charge in [0.2, 0.25) is 5.91 Å². The monoisotopic (exact) mass is 514 g/mol. The Morgan fingerprint density at radius 1 is 1.11 bits per heavy atom. The normalized spacial score (nSPS) is 11.9. The lowest BCUT2D eigenvalue weighted by molar-refractivity contribution is -0.119. The molecule has 0 aliphatic carbocycles. The van der Waals surface area contributed by atoms with Crippen molar-refractivity contribution in [2.45, 2.75) is 34.1 Å². The molecule has 0 spiro atoms. The zero-order chi connectivity index (χ0) is 27.8. The molecule has 0 unspecified atom stereocenters. The molecular weight excluding hydrogens is 475 g/mol. The van der Waals surface area contributed by atoms with Gasteiger partial charge in [-0.05, 0) is 61.5 Å². The van der Waals surface area contributed by atoms with Gasteiger partial charge < -0.3 is 30.2 Å². The van der Waals surface area contributed by atoms with Crippen LogP contribution in [0.3, 0.4) is 0 Å². The van der Waals surface area contributed by atoms with Crippen LogP contribution in [-0.2, 0) is 14.3 Å². The van der Waals surface area contributed by atoms with E-state index in [4.69, 9.17) is 9.47 Å². The van der Waals surface area contributed by atoms with E-state index in [9.17, 15) is 14.0 Å². The number of benzene rings is 2. The van der Waals surface area contributed by atoms with Crippen LogP contribution in [0.15, 0.2) is 41.4 Å². The van der Waals surface area contributed by atoms with Gasteiger partial charge in [-0.3, -0.25) is 4.79 Å². The number of carbonyl (C=O) groups is 2. The Bertz CT molecular complexity index is 1140. The minimum atomic E-state index is -0.527. The molecule has 2 aromatic carbocycles. The largest absolute Gasteiger partial charge is 0.491 e. The fourth-order valence-electron chi connectivity index (χ4n) is 3.11. The van der Waals surface area contributed by atoms with Crippen molar-refractivity contribution in [3.8, 4) is 5.75 Å². The van der Waals surface area contributed by atoms with Crippen molar-refractivity contribution in [1.29, 1.82) is 0 Å². The van der Waals surface area contributed by atoms with E-state index in [1.807, 2.05) is 7.05 Å². The van der Waals surface area contributed by atoms with Crippen molar-refractivity contribution in [1.82, 2.24) is 5.32 Å². The molecule has 0 fully saturated rings. The number of carbonyl (C=O) groups excluding carboxylic acids is 2. The van der Waals surface area contributed by atoms with Gasteiger partial charge in [-0.2, -0.15) is 0 Å². The topological polar surface area (TPSA) is 101 Å². The van der Waals surface area contributed by atoms with E-state index in [-0.39, 0.29) is 17.5 Å². The summed E-state index contributed by atoms with van der Waals surface area (Å²) in [6.07, 6.45) is 1.87. The number of nitrogens with zero attached hydrogens (tertiary/aromatic N) is 1. The van der Waals surface area contributed by atoms with Crippen molar-refractivity contribution in [2.75, 3.05) is 44.5 Å². The number of hydrogen-bond donors (Lipinski definition) is 3. The number of methoxy groups -OCH3 is 1. The molecule has 2 rings (SSSR count). The van der Waals surface area contributed by atoms with E-state index in [1.165, 1.54) is 12.3 Å². The summed E-state index contributed by atoms with van der Waals surface area (Å²) in [4.78, 5) is 26.1. The van der Waals surface area contributed by atoms with Gasteiger partial charge in [0.15, 0.2) is 0 Å². The fourth-order valence-corrected chi connectivity index (χ4v) is 3.11. The number of aldehydes is 1. The average Bonchev–Trinajstić information content (AvgIpc) is 2.80. The Balaban J connectivity index is 0.000000856. The first-order valence-corrected chi connectivity index (χ1v) is 11.9. The molecule has 202 valence electrons. The first-order chi connectivity index (χ1) is 17.5. The summed E-state index contributed by atoms with van der Waals surface area (Å²) < 4.78 is 25.2. The van der Waals surface area contributed by atoms with Gasteiger partial charge in [0.25, 0.3) is 0 Å². The van der Waals surface area contributed by atoms with Crippen LogP contribution in [0.5, 0.6) is 5.75 Å². The molecule has 1 amide bonds. The third-order valence-corrected chi connectivity index (χ3v) is 4.60. The highest BCUT2D eigenvalue weighted by Gasteiger charge is 2.08. The van der Waals surface area contributed by atoms with E-state index >= 15 is 0 Å². The highest BCUT2D eigenvalue weighted by molar-refractivity contribution is 5.98. The van der Waals surface area contributed by atoms with E-state index < -0.39 is 11.7 Å². The molecule has 0 bridgehead atoms. The summed E-state index contributed by atoms with van der Waals surface area (Å²) in [5, 5.41) is 9.40. The zero-order valence-corrected chi connectivity index (χ0v) is 22.6. The Morgan fingerprint density at radius 3 is 2.19 bits per heavy atom. The summed E-state index contributed by atoms with van der Waals surface area (Å²) in [5.41, 5.74) is 1.60. The maximum Gasteiger partial charge on any atom is 0.231 e. The highest BCUT2D eigenvalue weighted by atomic mass is 19.1. The van der Waals surface area contributed by atoms with Crippen LogP contribution in [0.4, 0.5) is 15.8 Å². The zero-order valence-electron chi connectivity index (χ0n) is 22.6. The molecule has 0 saturated carbocycles. The third kappa shape index (κ3) is 12.3. The van der Waals surface area contributed by atoms with Crippen LogP contribution in [-0.4, -0.2) is 52.3 Å². The molecule has 0 aliphatic rings. The lowest BCUT2D eigenvalue weighted by Crippen LogP contribution is -2.31. The quantitative estimate of drug-likeness (QED) is 0.184. The predicted molar refractivity (Wildman–Crippen MR) is 149 cm³/mol. The highest BCUT2D eigenvalue weighted by Crippen LogP contribution is 2.16. The molecule has 3 N–H and O–H groups in total. The van der Waals surface area contributed by atoms with Crippen LogP contribution in [0.1, 0.15) is 34.1 Å². The lowest BCUT2D eigenvalue weighted by Gasteiger charge is -2.16. The molecular formula is C28H39FN4O4. The smallest absolute Gasteiger partial charge is 0.231 e. The standard InChI is InChI=1S/C22H24FN3O4.C6H15N/c1-4-24-22(21-15(2)13-18(14-19(21)23)30-12-11-29-3)26-17-7-5-16(6-8-17)25-20(28)9-10-27;1-6(2,3)5-7-4/h4-8,10,13-14,26H,2,9,11-12H2,1,3H3,(H,25,28);7H,5H2,1-4H3/b22-21-,24-4-;. The minimum Gasteiger partial charge on any atom is -0.491 e. The fraction of sp³-hybridized carbons (Fsp3) is 0.393. The summed E-state index contributed by atoms with van der Waals surface area (Å²) in [7, 11) is 3.53. The number of rotatable bonds is 11. The number of aliphatic imine (C=N–C) groups is 1. The lowest BCUT2D eigenvalue weighted by atomic mass is 9.97. The first kappa shape index (κ1) is 31.5. The van der Waals surface area contributed by atoms with Crippen molar-refractivity contribution < 1.29 is 23.5 Å². The minimum absolute atomic E-state index is 0.208. The molecule has 0 radical (unpaired) electrons. The van der Waals surface area contributed by atoms with Gasteiger partial charge in [0.05, 0.1) is 18.2 Å². The van der Waals surface area contributed by atoms with E-state index in [0.717, 1.165) is 6.54 Å². The molecule has 0 heterocycles. The SMILES string of the molecule is C=c1cc(OCCOC)cc(F)/c1=C(/N=C\C)Nc1ccc(NC(=O)CC=O)cc1.CNCC(C)(C)C. The number of halogens is 1. The van der Waals surface area contributed by atoms with Gasteiger partial charge in [0, 0.05) is 30.8 Å². The van der Waals surface area contributed by atoms with Crippen LogP contribution >= 0.6 is 0 Å². The number of nitrogens with one attached hydrogen (secondary N) is 3. The van der Waals surface area contributed by atoms with Crippen LogP contribution in [0.25, 0.3) is 12.4 Å². The summed E-state index contributed by atoms with van der Waals surface area (Å²) in [5.74, 6) is -0.291. The molecule has 0 aliphatic heterocycles. The number of anilines is 2. The predicted octanol–water partition coefficient (Wildman–Crippen LogP) is 3.31. The average molecular weight is 515 g/mol. The Labute approximate surface area is 218 Å². The van der Waals surface area contributed by atoms with E-state index in [0.29, 0.717) is 47.3 Å². The van der Waals surface area contributed by atoms with E-state index in [2.05, 4.69) is 48.3 Å². The van der Waals surface area contributed by atoms with Gasteiger partial charge in [-0.1, -0.05) is 27.4 Å². The van der Waals surface area contributed by atoms with Crippen molar-refractivity contribution in [2.24, 2.45) is 10.4 Å². The number of hydrogen-bond acceptors (Lipinski definition) is 7. The van der Waals surface area contributed by atoms with Crippen LogP contribution in [0.2, 0.25) is 0 Å². The van der Waals surface area contributed by atoms with Gasteiger partial charge in [-0.25, -0.2) is 9.38 Å². The first-order valence-electron chi connectivity index (χ1n) is 11.9. The van der Waals surface area contributed by atoms with Gasteiger partial charge in [-0.15, -0.1) is 0 Å². The second-order valence-electron chi connectivity index (χ2n) is 9.23. The molecule has 9 heteroatoms. The Hall–Kier alpha value is -3.56. The second-order valence-corrected chi connectivity index (χ2v) is 9.23. The number of ether oxygens (including phenoxy) is 2. The molecule has 8 nitrogen and oxygen atoms in total. The van der Waals surface area contributed by atoms with Gasteiger partial charge in [0.1, 0.15) is 30.3 Å². The van der Waals surface area contributed by atoms with Crippen molar-refractivity contribution in [3.63, 3.8) is 0 Å². The van der Waals surface area contributed by atoms with E-state index in [1.54, 1.807) is 44.4 Å². The van der Waals surface area contributed by atoms with Crippen molar-refractivity contribution in [3.05, 3.63) is 52.7 Å². The third-order valence-electron chi connectivity index (χ3n) is 4.60. The summed E-state index contributed by atoms with van der Waals surface area (Å²) in [6, 6.07) is 9.62. The Morgan fingerprint density at radius 2 is 1.73 bits per heavy atom.